The second kappa shape index (κ2) is 9.55. The van der Waals surface area contributed by atoms with Gasteiger partial charge in [-0.05, 0) is 66.1 Å². The average Bonchev–Trinajstić information content (AvgIpc) is 3.58. The number of ether oxygens (including phenoxy) is 1. The van der Waals surface area contributed by atoms with Crippen LogP contribution in [0, 0.1) is 0 Å². The van der Waals surface area contributed by atoms with Crippen LogP contribution in [-0.2, 0) is 32.6 Å². The number of fused-ring (bicyclic) bond motifs is 2. The highest BCUT2D eigenvalue weighted by Crippen LogP contribution is 2.42. The molecule has 0 N–H and O–H groups in total. The van der Waals surface area contributed by atoms with Gasteiger partial charge in [-0.15, -0.1) is 0 Å². The molecule has 1 atom stereocenters. The Morgan fingerprint density at radius 1 is 1.13 bits per heavy atom. The molecule has 1 amide bonds. The van der Waals surface area contributed by atoms with Gasteiger partial charge in [0, 0.05) is 55.5 Å². The van der Waals surface area contributed by atoms with Crippen molar-refractivity contribution >= 4 is 5.91 Å². The van der Waals surface area contributed by atoms with Crippen molar-refractivity contribution in [1.82, 2.24) is 29.2 Å². The van der Waals surface area contributed by atoms with Crippen LogP contribution in [0.1, 0.15) is 57.3 Å². The van der Waals surface area contributed by atoms with Gasteiger partial charge >= 0.3 is 6.18 Å². The summed E-state index contributed by atoms with van der Waals surface area (Å²) in [5.74, 6) is 0.440. The van der Waals surface area contributed by atoms with Gasteiger partial charge in [-0.2, -0.15) is 18.3 Å². The van der Waals surface area contributed by atoms with Gasteiger partial charge in [0.25, 0.3) is 5.91 Å². The van der Waals surface area contributed by atoms with E-state index < -0.39 is 11.9 Å². The summed E-state index contributed by atoms with van der Waals surface area (Å²) >= 11 is 0. The number of carbonyl (C=O) groups is 1. The van der Waals surface area contributed by atoms with Crippen molar-refractivity contribution in [2.24, 2.45) is 7.05 Å². The summed E-state index contributed by atoms with van der Waals surface area (Å²) in [6, 6.07) is 5.33. The Balaban J connectivity index is 1.47. The highest BCUT2D eigenvalue weighted by Gasteiger charge is 2.40. The van der Waals surface area contributed by atoms with Crippen molar-refractivity contribution in [3.63, 3.8) is 0 Å². The number of hydrogen-bond donors (Lipinski definition) is 0. The van der Waals surface area contributed by atoms with Crippen molar-refractivity contribution in [2.45, 2.75) is 44.4 Å². The molecule has 0 saturated heterocycles. The van der Waals surface area contributed by atoms with E-state index in [2.05, 4.69) is 15.1 Å². The van der Waals surface area contributed by atoms with Crippen LogP contribution < -0.4 is 4.74 Å². The molecule has 0 fully saturated rings. The maximum absolute atomic E-state index is 14.1. The Bertz CT molecular complexity index is 1540. The summed E-state index contributed by atoms with van der Waals surface area (Å²) in [5.41, 5.74) is 3.08. The fourth-order valence-electron chi connectivity index (χ4n) is 5.84. The molecule has 39 heavy (non-hydrogen) atoms. The number of aryl methyl sites for hydroxylation is 2. The molecule has 2 aliphatic rings. The van der Waals surface area contributed by atoms with E-state index in [0.717, 1.165) is 30.5 Å². The maximum atomic E-state index is 14.1. The summed E-state index contributed by atoms with van der Waals surface area (Å²) in [5, 5.41) is 3.72. The largest absolute Gasteiger partial charge is 0.495 e. The molecule has 1 aromatic carbocycles. The number of rotatable bonds is 5. The molecular formula is C28H27F3N6O2. The van der Waals surface area contributed by atoms with Gasteiger partial charge in [0.05, 0.1) is 25.7 Å². The number of carbonyl (C=O) groups excluding carboxylic acids is 1. The van der Waals surface area contributed by atoms with Gasteiger partial charge in [-0.3, -0.25) is 14.5 Å². The molecule has 0 bridgehead atoms. The number of imidazole rings is 1. The minimum Gasteiger partial charge on any atom is -0.495 e. The van der Waals surface area contributed by atoms with Crippen LogP contribution in [-0.4, -0.2) is 48.8 Å². The zero-order valence-corrected chi connectivity index (χ0v) is 21.6. The highest BCUT2D eigenvalue weighted by atomic mass is 19.4. The van der Waals surface area contributed by atoms with Gasteiger partial charge < -0.3 is 14.2 Å². The van der Waals surface area contributed by atoms with E-state index in [1.54, 1.807) is 38.1 Å². The van der Waals surface area contributed by atoms with E-state index >= 15 is 0 Å². The second-order valence-electron chi connectivity index (χ2n) is 10.0. The molecule has 202 valence electrons. The lowest BCUT2D eigenvalue weighted by Crippen LogP contribution is -2.42. The summed E-state index contributed by atoms with van der Waals surface area (Å²) in [4.78, 5) is 24.6. The van der Waals surface area contributed by atoms with Gasteiger partial charge in [0.15, 0.2) is 5.69 Å². The van der Waals surface area contributed by atoms with Crippen molar-refractivity contribution in [3.05, 3.63) is 83.0 Å². The standard InChI is InChI=1S/C28H27F3N6O2/c1-35-15-23(26(34-35)28(29,30)31)20-10-17(14-36-9-7-32-16-36)11-21-19(20)6-8-37(27(21)38)25-5-3-4-24-22(25)12-18(39-2)13-33-24/h7,9-13,15-16,25H,3-6,8,14H2,1-2H3/t25-/m0/s1. The summed E-state index contributed by atoms with van der Waals surface area (Å²) in [7, 11) is 3.05. The van der Waals surface area contributed by atoms with Crippen LogP contribution in [0.3, 0.4) is 0 Å². The Labute approximate surface area is 223 Å². The number of benzene rings is 1. The molecule has 4 aromatic rings. The monoisotopic (exact) mass is 536 g/mol. The lowest BCUT2D eigenvalue weighted by atomic mass is 9.85. The maximum Gasteiger partial charge on any atom is 0.435 e. The molecule has 11 heteroatoms. The van der Waals surface area contributed by atoms with E-state index in [9.17, 15) is 18.0 Å². The number of aromatic nitrogens is 5. The van der Waals surface area contributed by atoms with Crippen molar-refractivity contribution in [2.75, 3.05) is 13.7 Å². The molecule has 6 rings (SSSR count). The molecule has 8 nitrogen and oxygen atoms in total. The van der Waals surface area contributed by atoms with Gasteiger partial charge in [0.2, 0.25) is 0 Å². The highest BCUT2D eigenvalue weighted by molar-refractivity contribution is 5.99. The third kappa shape index (κ3) is 4.55. The molecule has 4 heterocycles. The number of amides is 1. The summed E-state index contributed by atoms with van der Waals surface area (Å²) < 4.78 is 50.4. The van der Waals surface area contributed by atoms with E-state index in [1.807, 2.05) is 21.6 Å². The molecule has 0 unspecified atom stereocenters. The molecule has 1 aliphatic carbocycles. The minimum atomic E-state index is -4.63. The van der Waals surface area contributed by atoms with Crippen LogP contribution in [0.4, 0.5) is 13.2 Å². The minimum absolute atomic E-state index is 0.0214. The van der Waals surface area contributed by atoms with Crippen LogP contribution in [0.25, 0.3) is 11.1 Å². The first-order valence-corrected chi connectivity index (χ1v) is 12.8. The van der Waals surface area contributed by atoms with Crippen LogP contribution in [0.5, 0.6) is 5.75 Å². The zero-order chi connectivity index (χ0) is 27.3. The number of nitrogens with zero attached hydrogens (tertiary/aromatic N) is 6. The number of hydrogen-bond acceptors (Lipinski definition) is 5. The van der Waals surface area contributed by atoms with E-state index in [1.165, 1.54) is 17.9 Å². The first-order chi connectivity index (χ1) is 18.7. The number of alkyl halides is 3. The lowest BCUT2D eigenvalue weighted by Gasteiger charge is -2.39. The topological polar surface area (TPSA) is 78.1 Å². The van der Waals surface area contributed by atoms with Crippen molar-refractivity contribution in [3.8, 4) is 16.9 Å². The SMILES string of the molecule is COc1cnc2c(c1)[C@@H](N1CCc3c(cc(Cn4ccnc4)cc3-c3cn(C)nc3C(F)(F)F)C1=O)CCC2. The third-order valence-corrected chi connectivity index (χ3v) is 7.56. The normalized spacial score (nSPS) is 17.2. The molecule has 3 aromatic heterocycles. The third-order valence-electron chi connectivity index (χ3n) is 7.56. The quantitative estimate of drug-likeness (QED) is 0.365. The van der Waals surface area contributed by atoms with Crippen LogP contribution in [0.15, 0.2) is 49.3 Å². The predicted molar refractivity (Wildman–Crippen MR) is 136 cm³/mol. The van der Waals surface area contributed by atoms with Crippen LogP contribution >= 0.6 is 0 Å². The predicted octanol–water partition coefficient (Wildman–Crippen LogP) is 4.83. The van der Waals surface area contributed by atoms with E-state index in [0.29, 0.717) is 47.5 Å². The Hall–Kier alpha value is -4.15. The molecule has 1 aliphatic heterocycles. The average molecular weight is 537 g/mol. The molecule has 0 saturated carbocycles. The first-order valence-electron chi connectivity index (χ1n) is 12.8. The Morgan fingerprint density at radius 3 is 2.69 bits per heavy atom. The van der Waals surface area contributed by atoms with Crippen LogP contribution in [0.2, 0.25) is 0 Å². The molecule has 0 spiro atoms. The second-order valence-corrected chi connectivity index (χ2v) is 10.0. The molecular weight excluding hydrogens is 509 g/mol. The zero-order valence-electron chi connectivity index (χ0n) is 21.6. The summed E-state index contributed by atoms with van der Waals surface area (Å²) in [6.07, 6.45) is 6.42. The lowest BCUT2D eigenvalue weighted by molar-refractivity contribution is -0.140. The number of halogens is 3. The fraction of sp³-hybridized carbons (Fsp3) is 0.357. The molecule has 0 radical (unpaired) electrons. The van der Waals surface area contributed by atoms with Gasteiger partial charge in [0.1, 0.15) is 5.75 Å². The fourth-order valence-corrected chi connectivity index (χ4v) is 5.84. The summed E-state index contributed by atoms with van der Waals surface area (Å²) in [6.45, 7) is 0.755. The van der Waals surface area contributed by atoms with Crippen molar-refractivity contribution < 1.29 is 22.7 Å². The van der Waals surface area contributed by atoms with Gasteiger partial charge in [-0.1, -0.05) is 0 Å². The van der Waals surface area contributed by atoms with E-state index in [4.69, 9.17) is 4.74 Å². The van der Waals surface area contributed by atoms with Gasteiger partial charge in [-0.25, -0.2) is 4.98 Å². The number of methoxy groups -OCH3 is 1. The Kier molecular flexibility index (Phi) is 6.16. The Morgan fingerprint density at radius 2 is 1.95 bits per heavy atom. The smallest absolute Gasteiger partial charge is 0.435 e. The number of pyridine rings is 1. The van der Waals surface area contributed by atoms with Crippen molar-refractivity contribution in [1.29, 1.82) is 0 Å². The first kappa shape index (κ1) is 25.1. The van der Waals surface area contributed by atoms with E-state index in [-0.39, 0.29) is 17.5 Å².